The van der Waals surface area contributed by atoms with Gasteiger partial charge in [0.15, 0.2) is 11.5 Å². The molecule has 2 aliphatic rings. The number of carbonyl (C=O) groups is 2. The van der Waals surface area contributed by atoms with E-state index in [4.69, 9.17) is 18.9 Å². The molecule has 0 aromatic heterocycles. The van der Waals surface area contributed by atoms with Gasteiger partial charge in [-0.15, -0.1) is 0 Å². The predicted octanol–water partition coefficient (Wildman–Crippen LogP) is 1.91. The summed E-state index contributed by atoms with van der Waals surface area (Å²) in [6.45, 7) is 3.50. The second kappa shape index (κ2) is 5.98. The third kappa shape index (κ3) is 2.59. The lowest BCUT2D eigenvalue weighted by Crippen LogP contribution is -2.38. The molecule has 0 saturated carbocycles. The molecule has 0 spiro atoms. The standard InChI is InChI=1S/C18H21NO6/c1-18(2)16-13(17(21)25-18)10(8-12(20)19-16)9-6-7-11(22-3)15(24-5)14(9)23-4/h6-7,10H,8H2,1-5H3,(H,19,20)/t10-/m1/s1. The maximum Gasteiger partial charge on any atom is 0.337 e. The van der Waals surface area contributed by atoms with E-state index in [9.17, 15) is 9.59 Å². The minimum Gasteiger partial charge on any atom is -0.493 e. The van der Waals surface area contributed by atoms with E-state index in [1.165, 1.54) is 21.3 Å². The summed E-state index contributed by atoms with van der Waals surface area (Å²) >= 11 is 0. The molecule has 0 bridgehead atoms. The summed E-state index contributed by atoms with van der Waals surface area (Å²) in [6.07, 6.45) is 0.121. The molecule has 1 aromatic rings. The second-order valence-electron chi connectivity index (χ2n) is 6.42. The maximum atomic E-state index is 12.5. The molecular weight excluding hydrogens is 326 g/mol. The van der Waals surface area contributed by atoms with Crippen LogP contribution >= 0.6 is 0 Å². The Labute approximate surface area is 145 Å². The van der Waals surface area contributed by atoms with E-state index in [1.807, 2.05) is 0 Å². The van der Waals surface area contributed by atoms with E-state index in [1.54, 1.807) is 26.0 Å². The summed E-state index contributed by atoms with van der Waals surface area (Å²) in [7, 11) is 4.55. The van der Waals surface area contributed by atoms with Crippen LogP contribution in [0.15, 0.2) is 23.4 Å². The Morgan fingerprint density at radius 2 is 1.76 bits per heavy atom. The Morgan fingerprint density at radius 3 is 2.36 bits per heavy atom. The van der Waals surface area contributed by atoms with Gasteiger partial charge in [0.25, 0.3) is 0 Å². The Hall–Kier alpha value is -2.70. The lowest BCUT2D eigenvalue weighted by Gasteiger charge is -2.28. The van der Waals surface area contributed by atoms with Gasteiger partial charge in [0.2, 0.25) is 11.7 Å². The monoisotopic (exact) mass is 347 g/mol. The van der Waals surface area contributed by atoms with Gasteiger partial charge in [0, 0.05) is 17.9 Å². The molecule has 1 aromatic carbocycles. The fourth-order valence-electron chi connectivity index (χ4n) is 3.44. The average Bonchev–Trinajstić information content (AvgIpc) is 2.81. The zero-order chi connectivity index (χ0) is 18.4. The number of hydrogen-bond acceptors (Lipinski definition) is 6. The first kappa shape index (κ1) is 17.1. The average molecular weight is 347 g/mol. The van der Waals surface area contributed by atoms with Crippen LogP contribution in [0.5, 0.6) is 17.2 Å². The van der Waals surface area contributed by atoms with Crippen LogP contribution in [-0.2, 0) is 14.3 Å². The molecular formula is C18H21NO6. The quantitative estimate of drug-likeness (QED) is 0.838. The van der Waals surface area contributed by atoms with Crippen molar-refractivity contribution < 1.29 is 28.5 Å². The smallest absolute Gasteiger partial charge is 0.337 e. The van der Waals surface area contributed by atoms with Crippen LogP contribution < -0.4 is 19.5 Å². The Balaban J connectivity index is 2.20. The first-order valence-corrected chi connectivity index (χ1v) is 7.90. The number of cyclic esters (lactones) is 1. The van der Waals surface area contributed by atoms with Crippen molar-refractivity contribution in [3.63, 3.8) is 0 Å². The largest absolute Gasteiger partial charge is 0.493 e. The van der Waals surface area contributed by atoms with Crippen LogP contribution in [0.1, 0.15) is 31.7 Å². The van der Waals surface area contributed by atoms with Crippen molar-refractivity contribution in [2.45, 2.75) is 31.8 Å². The highest BCUT2D eigenvalue weighted by Crippen LogP contribution is 2.49. The molecule has 134 valence electrons. The molecule has 0 radical (unpaired) electrons. The van der Waals surface area contributed by atoms with Crippen LogP contribution in [0.3, 0.4) is 0 Å². The summed E-state index contributed by atoms with van der Waals surface area (Å²) in [5, 5.41) is 2.79. The van der Waals surface area contributed by atoms with E-state index in [-0.39, 0.29) is 12.3 Å². The van der Waals surface area contributed by atoms with Crippen LogP contribution in [-0.4, -0.2) is 38.8 Å². The molecule has 0 aliphatic carbocycles. The van der Waals surface area contributed by atoms with E-state index in [0.717, 1.165) is 0 Å². The molecule has 1 atom stereocenters. The zero-order valence-electron chi connectivity index (χ0n) is 14.9. The van der Waals surface area contributed by atoms with Crippen LogP contribution in [0.25, 0.3) is 0 Å². The number of rotatable bonds is 4. The van der Waals surface area contributed by atoms with E-state index < -0.39 is 17.5 Å². The van der Waals surface area contributed by atoms with Gasteiger partial charge in [-0.25, -0.2) is 4.79 Å². The number of nitrogens with one attached hydrogen (secondary N) is 1. The Kier molecular flexibility index (Phi) is 4.10. The van der Waals surface area contributed by atoms with Crippen LogP contribution in [0.4, 0.5) is 0 Å². The van der Waals surface area contributed by atoms with Gasteiger partial charge in [-0.2, -0.15) is 0 Å². The molecule has 0 fully saturated rings. The lowest BCUT2D eigenvalue weighted by molar-refractivity contribution is -0.144. The first-order chi connectivity index (χ1) is 11.8. The fraction of sp³-hybridized carbons (Fsp3) is 0.444. The summed E-state index contributed by atoms with van der Waals surface area (Å²) in [4.78, 5) is 24.7. The maximum absolute atomic E-state index is 12.5. The predicted molar refractivity (Wildman–Crippen MR) is 88.8 cm³/mol. The van der Waals surface area contributed by atoms with Crippen molar-refractivity contribution in [2.24, 2.45) is 0 Å². The minimum absolute atomic E-state index is 0.121. The molecule has 1 N–H and O–H groups in total. The van der Waals surface area contributed by atoms with E-state index >= 15 is 0 Å². The summed E-state index contributed by atoms with van der Waals surface area (Å²) in [5.41, 5.74) is 0.771. The van der Waals surface area contributed by atoms with Gasteiger partial charge in [-0.05, 0) is 19.9 Å². The highest BCUT2D eigenvalue weighted by Gasteiger charge is 2.48. The molecule has 3 rings (SSSR count). The summed E-state index contributed by atoms with van der Waals surface area (Å²) < 4.78 is 21.7. The van der Waals surface area contributed by atoms with Crippen molar-refractivity contribution in [2.75, 3.05) is 21.3 Å². The molecule has 2 aliphatic heterocycles. The van der Waals surface area contributed by atoms with E-state index in [0.29, 0.717) is 34.1 Å². The third-order valence-electron chi connectivity index (χ3n) is 4.55. The molecule has 2 heterocycles. The van der Waals surface area contributed by atoms with Gasteiger partial charge in [-0.3, -0.25) is 4.79 Å². The molecule has 0 saturated heterocycles. The third-order valence-corrected chi connectivity index (χ3v) is 4.55. The van der Waals surface area contributed by atoms with Crippen molar-refractivity contribution in [1.29, 1.82) is 0 Å². The number of amides is 1. The van der Waals surface area contributed by atoms with Gasteiger partial charge >= 0.3 is 5.97 Å². The van der Waals surface area contributed by atoms with Crippen molar-refractivity contribution in [1.82, 2.24) is 5.32 Å². The molecule has 0 unspecified atom stereocenters. The van der Waals surface area contributed by atoms with Gasteiger partial charge < -0.3 is 24.3 Å². The Morgan fingerprint density at radius 1 is 1.08 bits per heavy atom. The molecule has 25 heavy (non-hydrogen) atoms. The topological polar surface area (TPSA) is 83.1 Å². The van der Waals surface area contributed by atoms with Crippen molar-refractivity contribution in [3.05, 3.63) is 29.0 Å². The summed E-state index contributed by atoms with van der Waals surface area (Å²) in [6, 6.07) is 3.52. The normalized spacial score (nSPS) is 21.4. The zero-order valence-corrected chi connectivity index (χ0v) is 14.9. The van der Waals surface area contributed by atoms with Crippen molar-refractivity contribution >= 4 is 11.9 Å². The number of ether oxygens (including phenoxy) is 4. The SMILES string of the molecule is COc1ccc([C@H]2CC(=O)NC3=C2C(=O)OC3(C)C)c(OC)c1OC. The molecule has 7 heteroatoms. The first-order valence-electron chi connectivity index (χ1n) is 7.90. The van der Waals surface area contributed by atoms with Gasteiger partial charge in [0.05, 0.1) is 32.6 Å². The summed E-state index contributed by atoms with van der Waals surface area (Å²) in [5.74, 6) is 0.278. The fourth-order valence-corrected chi connectivity index (χ4v) is 3.44. The lowest BCUT2D eigenvalue weighted by atomic mass is 9.82. The molecule has 1 amide bonds. The minimum atomic E-state index is -0.870. The Bertz CT molecular complexity index is 780. The number of benzene rings is 1. The highest BCUT2D eigenvalue weighted by atomic mass is 16.6. The van der Waals surface area contributed by atoms with E-state index in [2.05, 4.69) is 5.32 Å². The number of methoxy groups -OCH3 is 3. The number of esters is 1. The van der Waals surface area contributed by atoms with Gasteiger partial charge in [-0.1, -0.05) is 6.07 Å². The van der Waals surface area contributed by atoms with Crippen LogP contribution in [0, 0.1) is 0 Å². The highest BCUT2D eigenvalue weighted by molar-refractivity contribution is 5.99. The molecule has 7 nitrogen and oxygen atoms in total. The number of hydrogen-bond donors (Lipinski definition) is 1. The van der Waals surface area contributed by atoms with Crippen molar-refractivity contribution in [3.8, 4) is 17.2 Å². The van der Waals surface area contributed by atoms with Crippen LogP contribution in [0.2, 0.25) is 0 Å². The van der Waals surface area contributed by atoms with Gasteiger partial charge in [0.1, 0.15) is 5.60 Å². The number of carbonyl (C=O) groups excluding carboxylic acids is 2. The second-order valence-corrected chi connectivity index (χ2v) is 6.42.